The van der Waals surface area contributed by atoms with Crippen molar-refractivity contribution in [1.82, 2.24) is 10.9 Å². The summed E-state index contributed by atoms with van der Waals surface area (Å²) < 4.78 is 0. The number of quaternary nitrogens is 1. The van der Waals surface area contributed by atoms with Crippen molar-refractivity contribution in [2.45, 2.75) is 38.6 Å². The van der Waals surface area contributed by atoms with Gasteiger partial charge in [-0.25, -0.2) is 0 Å². The molecular formula is C14H23N3O3. The SMILES string of the molecule is O=C(CCCCCC[NH+]([O-])NO)NCc1ccccc1. The highest BCUT2D eigenvalue weighted by atomic mass is 16.7. The number of hydrogen-bond donors (Lipinski definition) is 4. The van der Waals surface area contributed by atoms with Gasteiger partial charge in [-0.05, 0) is 30.4 Å². The van der Waals surface area contributed by atoms with Crippen LogP contribution in [0.1, 0.15) is 37.7 Å². The number of rotatable bonds is 10. The molecular weight excluding hydrogens is 258 g/mol. The minimum Gasteiger partial charge on any atom is -0.611 e. The maximum Gasteiger partial charge on any atom is 0.220 e. The lowest BCUT2D eigenvalue weighted by atomic mass is 10.1. The summed E-state index contributed by atoms with van der Waals surface area (Å²) in [6.07, 6.45) is 3.87. The molecule has 112 valence electrons. The summed E-state index contributed by atoms with van der Waals surface area (Å²) in [5.41, 5.74) is 2.70. The minimum absolute atomic E-state index is 0.0574. The molecule has 0 aromatic heterocycles. The first-order chi connectivity index (χ1) is 9.72. The number of carbonyl (C=O) groups is 1. The fourth-order valence-corrected chi connectivity index (χ4v) is 1.87. The van der Waals surface area contributed by atoms with E-state index in [4.69, 9.17) is 5.21 Å². The molecule has 0 fully saturated rings. The van der Waals surface area contributed by atoms with Crippen molar-refractivity contribution in [3.63, 3.8) is 0 Å². The Kier molecular flexibility index (Phi) is 8.57. The maximum absolute atomic E-state index is 11.6. The van der Waals surface area contributed by atoms with E-state index in [1.54, 1.807) is 5.59 Å². The van der Waals surface area contributed by atoms with Crippen LogP contribution >= 0.6 is 0 Å². The third-order valence-corrected chi connectivity index (χ3v) is 3.01. The third kappa shape index (κ3) is 7.85. The van der Waals surface area contributed by atoms with Gasteiger partial charge in [-0.1, -0.05) is 36.8 Å². The highest BCUT2D eigenvalue weighted by Crippen LogP contribution is 2.03. The normalized spacial score (nSPS) is 12.1. The Morgan fingerprint density at radius 3 is 2.55 bits per heavy atom. The number of hydrogen-bond acceptors (Lipinski definition) is 4. The number of nitrogens with one attached hydrogen (secondary N) is 3. The molecule has 6 nitrogen and oxygen atoms in total. The highest BCUT2D eigenvalue weighted by molar-refractivity contribution is 5.75. The van der Waals surface area contributed by atoms with Crippen LogP contribution in [0, 0.1) is 5.21 Å². The molecule has 1 aromatic rings. The lowest BCUT2D eigenvalue weighted by Gasteiger charge is -2.17. The van der Waals surface area contributed by atoms with Crippen LogP contribution in [0.5, 0.6) is 0 Å². The largest absolute Gasteiger partial charge is 0.611 e. The zero-order valence-corrected chi connectivity index (χ0v) is 11.6. The average Bonchev–Trinajstić information content (AvgIpc) is 2.49. The van der Waals surface area contributed by atoms with E-state index in [2.05, 4.69) is 5.32 Å². The highest BCUT2D eigenvalue weighted by Gasteiger charge is 2.01. The summed E-state index contributed by atoms with van der Waals surface area (Å²) in [6.45, 7) is 0.896. The van der Waals surface area contributed by atoms with Gasteiger partial charge in [0.05, 0.1) is 6.54 Å². The molecule has 20 heavy (non-hydrogen) atoms. The zero-order chi connectivity index (χ0) is 14.6. The molecule has 6 heteroatoms. The van der Waals surface area contributed by atoms with Crippen molar-refractivity contribution >= 4 is 5.91 Å². The van der Waals surface area contributed by atoms with Gasteiger partial charge >= 0.3 is 0 Å². The van der Waals surface area contributed by atoms with Crippen LogP contribution < -0.4 is 16.1 Å². The molecule has 0 bridgehead atoms. The number of amides is 1. The van der Waals surface area contributed by atoms with Crippen LogP contribution in [0.2, 0.25) is 0 Å². The van der Waals surface area contributed by atoms with Gasteiger partial charge in [-0.2, -0.15) is 0 Å². The third-order valence-electron chi connectivity index (χ3n) is 3.01. The Balaban J connectivity index is 1.98. The lowest BCUT2D eigenvalue weighted by Crippen LogP contribution is -3.13. The first kappa shape index (κ1) is 16.6. The summed E-state index contributed by atoms with van der Waals surface area (Å²) in [5.74, 6) is 0.0574. The number of carbonyl (C=O) groups excluding carboxylic acids is 1. The summed E-state index contributed by atoms with van der Waals surface area (Å²) in [6, 6.07) is 9.80. The topological polar surface area (TPSA) is 88.9 Å². The summed E-state index contributed by atoms with van der Waals surface area (Å²) >= 11 is 0. The van der Waals surface area contributed by atoms with E-state index in [1.807, 2.05) is 30.3 Å². The molecule has 1 rings (SSSR count). The van der Waals surface area contributed by atoms with E-state index in [9.17, 15) is 10.0 Å². The summed E-state index contributed by atoms with van der Waals surface area (Å²) in [4.78, 5) is 11.6. The molecule has 0 saturated carbocycles. The molecule has 0 aliphatic carbocycles. The first-order valence-corrected chi connectivity index (χ1v) is 6.96. The number of unbranched alkanes of at least 4 members (excludes halogenated alkanes) is 3. The minimum atomic E-state index is -0.356. The quantitative estimate of drug-likeness (QED) is 0.372. The van der Waals surface area contributed by atoms with E-state index in [1.165, 1.54) is 0 Å². The van der Waals surface area contributed by atoms with E-state index in [0.717, 1.165) is 31.2 Å². The zero-order valence-electron chi connectivity index (χ0n) is 11.6. The Bertz CT molecular complexity index is 373. The van der Waals surface area contributed by atoms with E-state index in [0.29, 0.717) is 19.5 Å². The lowest BCUT2D eigenvalue weighted by molar-refractivity contribution is -0.926. The van der Waals surface area contributed by atoms with E-state index >= 15 is 0 Å². The van der Waals surface area contributed by atoms with Crippen molar-refractivity contribution < 1.29 is 15.2 Å². The Labute approximate surface area is 119 Å². The predicted octanol–water partition coefficient (Wildman–Crippen LogP) is 0.530. The maximum atomic E-state index is 11.6. The molecule has 1 unspecified atom stereocenters. The van der Waals surface area contributed by atoms with E-state index in [-0.39, 0.29) is 11.1 Å². The van der Waals surface area contributed by atoms with Gasteiger partial charge in [-0.3, -0.25) is 15.2 Å². The second-order valence-corrected chi connectivity index (χ2v) is 4.71. The van der Waals surface area contributed by atoms with Crippen molar-refractivity contribution in [1.29, 1.82) is 0 Å². The van der Waals surface area contributed by atoms with Gasteiger partial charge < -0.3 is 10.5 Å². The van der Waals surface area contributed by atoms with Crippen LogP contribution in [-0.2, 0) is 11.3 Å². The second kappa shape index (κ2) is 10.3. The van der Waals surface area contributed by atoms with Gasteiger partial charge in [0.1, 0.15) is 0 Å². The Morgan fingerprint density at radius 2 is 1.85 bits per heavy atom. The standard InChI is InChI=1S/C14H23N3O3/c18-14(15-12-13-8-4-3-5-9-13)10-6-1-2-7-11-17(20)16-19/h3-5,8-9,16-17,19H,1-2,6-7,10-12H2,(H,15,18). The van der Waals surface area contributed by atoms with Crippen molar-refractivity contribution in [3.8, 4) is 0 Å². The monoisotopic (exact) mass is 281 g/mol. The molecule has 0 radical (unpaired) electrons. The second-order valence-electron chi connectivity index (χ2n) is 4.71. The summed E-state index contributed by atoms with van der Waals surface area (Å²) in [7, 11) is 0. The molecule has 4 N–H and O–H groups in total. The van der Waals surface area contributed by atoms with Gasteiger partial charge in [-0.15, -0.1) is 0 Å². The van der Waals surface area contributed by atoms with Gasteiger partial charge in [0.25, 0.3) is 0 Å². The number of benzene rings is 1. The smallest absolute Gasteiger partial charge is 0.220 e. The Morgan fingerprint density at radius 1 is 1.15 bits per heavy atom. The van der Waals surface area contributed by atoms with Crippen molar-refractivity contribution in [3.05, 3.63) is 41.1 Å². The number of hydroxylamine groups is 1. The summed E-state index contributed by atoms with van der Waals surface area (Å²) in [5, 5.41) is 21.6. The van der Waals surface area contributed by atoms with Crippen molar-refractivity contribution in [2.75, 3.05) is 6.54 Å². The fourth-order valence-electron chi connectivity index (χ4n) is 1.87. The molecule has 0 saturated heterocycles. The van der Waals surface area contributed by atoms with Crippen LogP contribution in [0.15, 0.2) is 30.3 Å². The molecule has 0 heterocycles. The van der Waals surface area contributed by atoms with Crippen LogP contribution in [-0.4, -0.2) is 17.7 Å². The molecule has 1 atom stereocenters. The van der Waals surface area contributed by atoms with E-state index < -0.39 is 0 Å². The predicted molar refractivity (Wildman–Crippen MR) is 75.5 cm³/mol. The van der Waals surface area contributed by atoms with Gasteiger partial charge in [0.15, 0.2) is 0 Å². The molecule has 0 spiro atoms. The first-order valence-electron chi connectivity index (χ1n) is 6.96. The molecule has 0 aliphatic heterocycles. The molecule has 1 aromatic carbocycles. The van der Waals surface area contributed by atoms with Crippen LogP contribution in [0.4, 0.5) is 0 Å². The molecule has 1 amide bonds. The average molecular weight is 281 g/mol. The van der Waals surface area contributed by atoms with Gasteiger partial charge in [0.2, 0.25) is 5.91 Å². The molecule has 0 aliphatic rings. The van der Waals surface area contributed by atoms with Crippen LogP contribution in [0.25, 0.3) is 0 Å². The van der Waals surface area contributed by atoms with Gasteiger partial charge in [0, 0.05) is 13.0 Å². The van der Waals surface area contributed by atoms with Crippen LogP contribution in [0.3, 0.4) is 0 Å². The van der Waals surface area contributed by atoms with Crippen molar-refractivity contribution in [2.24, 2.45) is 0 Å². The Hall–Kier alpha value is -1.47. The fraction of sp³-hybridized carbons (Fsp3) is 0.500.